The van der Waals surface area contributed by atoms with Gasteiger partial charge in [0.05, 0.1) is 24.0 Å². The molecule has 0 unspecified atom stereocenters. The van der Waals surface area contributed by atoms with Crippen LogP contribution in [0.1, 0.15) is 24.0 Å². The van der Waals surface area contributed by atoms with E-state index in [1.165, 1.54) is 0 Å². The molecule has 0 saturated carbocycles. The maximum Gasteiger partial charge on any atom is 1.00 e. The number of benzene rings is 2. The van der Waals surface area contributed by atoms with Crippen LogP contribution in [0.2, 0.25) is 0 Å². The summed E-state index contributed by atoms with van der Waals surface area (Å²) in [5, 5.41) is 27.6. The van der Waals surface area contributed by atoms with Gasteiger partial charge in [-0.15, -0.1) is 0 Å². The van der Waals surface area contributed by atoms with Gasteiger partial charge >= 0.3 is 103 Å². The number of carboxylic acids is 2. The van der Waals surface area contributed by atoms with Crippen LogP contribution in [-0.2, 0) is 32.0 Å². The minimum atomic E-state index is -1.42. The largest absolute Gasteiger partial charge is 1.00 e. The summed E-state index contributed by atoms with van der Waals surface area (Å²) in [4.78, 5) is 46.9. The fourth-order valence-electron chi connectivity index (χ4n) is 2.91. The summed E-state index contributed by atoms with van der Waals surface area (Å²) in [6, 6.07) is 16.2. The maximum absolute atomic E-state index is 12.1. The van der Waals surface area contributed by atoms with Crippen LogP contribution in [0.5, 0.6) is 0 Å². The standard InChI is InChI=1S/C24H28N2O6S2.2K/c27-21(13-11-17-7-3-1-4-8-17)25-19(23(29)30)15-33-34-16-20(24(31)32)26-22(28)14-12-18-9-5-2-6-10-18;;/h1-10,19-20H,11-16H2,(H,25,27)(H,26,28)(H,29,30)(H,31,32);;/q;2*+1/p-2/t19-,20-;;/m0../s1. The van der Waals surface area contributed by atoms with Gasteiger partial charge in [0.15, 0.2) is 0 Å². The van der Waals surface area contributed by atoms with E-state index in [9.17, 15) is 29.4 Å². The zero-order valence-corrected chi connectivity index (χ0v) is 28.3. The van der Waals surface area contributed by atoms with Crippen LogP contribution in [0.4, 0.5) is 0 Å². The summed E-state index contributed by atoms with van der Waals surface area (Å²) in [6.07, 6.45) is 1.22. The summed E-state index contributed by atoms with van der Waals surface area (Å²) in [5.74, 6) is -3.72. The van der Waals surface area contributed by atoms with Gasteiger partial charge in [-0.3, -0.25) is 9.59 Å². The molecule has 182 valence electrons. The van der Waals surface area contributed by atoms with Gasteiger partial charge in [-0.1, -0.05) is 82.3 Å². The van der Waals surface area contributed by atoms with Gasteiger partial charge in [0, 0.05) is 24.3 Å². The third-order valence-corrected chi connectivity index (χ3v) is 7.18. The normalized spacial score (nSPS) is 11.7. The molecule has 2 N–H and O–H groups in total. The van der Waals surface area contributed by atoms with E-state index < -0.39 is 35.8 Å². The van der Waals surface area contributed by atoms with Crippen molar-refractivity contribution < 1.29 is 132 Å². The summed E-state index contributed by atoms with van der Waals surface area (Å²) in [5.41, 5.74) is 1.93. The predicted octanol–water partition coefficient (Wildman–Crippen LogP) is -5.89. The first-order valence-corrected chi connectivity index (χ1v) is 13.2. The number of amides is 2. The maximum atomic E-state index is 12.1. The second-order valence-corrected chi connectivity index (χ2v) is 9.97. The molecule has 36 heavy (non-hydrogen) atoms. The predicted molar refractivity (Wildman–Crippen MR) is 128 cm³/mol. The number of carbonyl (C=O) groups is 4. The fraction of sp³-hybridized carbons (Fsp3) is 0.333. The molecule has 12 heteroatoms. The van der Waals surface area contributed by atoms with Crippen LogP contribution in [0, 0.1) is 0 Å². The molecule has 8 nitrogen and oxygen atoms in total. The van der Waals surface area contributed by atoms with Gasteiger partial charge in [0.2, 0.25) is 11.8 Å². The average molecular weight is 581 g/mol. The minimum absolute atomic E-state index is 0. The van der Waals surface area contributed by atoms with E-state index in [1.807, 2.05) is 60.7 Å². The molecule has 2 aromatic carbocycles. The Morgan fingerprint density at radius 2 is 0.972 bits per heavy atom. The Hall–Kier alpha value is 0.293. The Bertz CT molecular complexity index is 877. The molecule has 0 aliphatic rings. The number of aryl methyl sites for hydroxylation is 2. The van der Waals surface area contributed by atoms with Crippen LogP contribution in [0.15, 0.2) is 60.7 Å². The van der Waals surface area contributed by atoms with Crippen molar-refractivity contribution in [2.45, 2.75) is 37.8 Å². The topological polar surface area (TPSA) is 138 Å². The molecule has 2 atom stereocenters. The molecule has 2 amide bonds. The van der Waals surface area contributed by atoms with Gasteiger partial charge in [-0.2, -0.15) is 0 Å². The molecule has 2 rings (SSSR count). The van der Waals surface area contributed by atoms with Crippen molar-refractivity contribution in [2.24, 2.45) is 0 Å². The van der Waals surface area contributed by atoms with Crippen LogP contribution in [-0.4, -0.2) is 47.3 Å². The van der Waals surface area contributed by atoms with E-state index in [0.29, 0.717) is 12.8 Å². The van der Waals surface area contributed by atoms with E-state index in [0.717, 1.165) is 32.7 Å². The quantitative estimate of drug-likeness (QED) is 0.121. The molecule has 0 heterocycles. The van der Waals surface area contributed by atoms with Crippen molar-refractivity contribution >= 4 is 45.3 Å². The van der Waals surface area contributed by atoms with Crippen molar-refractivity contribution in [2.75, 3.05) is 11.5 Å². The molecular formula is C24H26K2N2O6S2. The Kier molecular flexibility index (Phi) is 21.3. The number of rotatable bonds is 15. The number of nitrogens with one attached hydrogen (secondary N) is 2. The molecule has 2 aromatic rings. The van der Waals surface area contributed by atoms with Gasteiger partial charge in [-0.25, -0.2) is 0 Å². The third kappa shape index (κ3) is 15.6. The number of carboxylic acid groups (broad SMARTS) is 2. The van der Waals surface area contributed by atoms with E-state index in [-0.39, 0.29) is 127 Å². The van der Waals surface area contributed by atoms with Crippen molar-refractivity contribution in [1.29, 1.82) is 0 Å². The molecule has 0 bridgehead atoms. The second kappa shape index (κ2) is 21.2. The Morgan fingerprint density at radius 3 is 1.28 bits per heavy atom. The third-order valence-electron chi connectivity index (χ3n) is 4.76. The Labute approximate surface area is 304 Å². The van der Waals surface area contributed by atoms with Crippen LogP contribution in [0.25, 0.3) is 0 Å². The van der Waals surface area contributed by atoms with Gasteiger partial charge in [-0.05, 0) is 24.0 Å². The molecule has 0 aromatic heterocycles. The van der Waals surface area contributed by atoms with Crippen LogP contribution < -0.4 is 124 Å². The van der Waals surface area contributed by atoms with Gasteiger partial charge in [0.25, 0.3) is 0 Å². The first-order valence-electron chi connectivity index (χ1n) is 10.7. The Morgan fingerprint density at radius 1 is 0.639 bits per heavy atom. The van der Waals surface area contributed by atoms with Crippen molar-refractivity contribution in [3.63, 3.8) is 0 Å². The van der Waals surface area contributed by atoms with E-state index in [1.54, 1.807) is 0 Å². The molecule has 0 spiro atoms. The smallest absolute Gasteiger partial charge is 0.548 e. The monoisotopic (exact) mass is 580 g/mol. The zero-order valence-electron chi connectivity index (χ0n) is 20.4. The Balaban J connectivity index is 0.00000612. The molecule has 0 radical (unpaired) electrons. The first kappa shape index (κ1) is 36.3. The molecule has 0 aliphatic carbocycles. The number of hydrogen-bond acceptors (Lipinski definition) is 8. The first-order chi connectivity index (χ1) is 16.3. The van der Waals surface area contributed by atoms with E-state index in [2.05, 4.69) is 10.6 Å². The molecule has 0 aliphatic heterocycles. The summed E-state index contributed by atoms with van der Waals surface area (Å²) < 4.78 is 0. The van der Waals surface area contributed by atoms with Crippen molar-refractivity contribution in [3.8, 4) is 0 Å². The average Bonchev–Trinajstić information content (AvgIpc) is 2.83. The number of aliphatic carboxylic acids is 2. The van der Waals surface area contributed by atoms with Gasteiger partial charge in [0.1, 0.15) is 0 Å². The van der Waals surface area contributed by atoms with Crippen molar-refractivity contribution in [3.05, 3.63) is 71.8 Å². The van der Waals surface area contributed by atoms with Crippen molar-refractivity contribution in [1.82, 2.24) is 10.6 Å². The molecular weight excluding hydrogens is 555 g/mol. The summed E-state index contributed by atoms with van der Waals surface area (Å²) >= 11 is 0. The fourth-order valence-corrected chi connectivity index (χ4v) is 5.20. The number of hydrogen-bond donors (Lipinski definition) is 2. The second-order valence-electron chi connectivity index (χ2n) is 7.42. The SMILES string of the molecule is O=C(CCc1ccccc1)N[C@@H](CSSC[C@H](NC(=O)CCc1ccccc1)C(=O)[O-])C(=O)[O-].[K+].[K+]. The van der Waals surface area contributed by atoms with Crippen LogP contribution >= 0.6 is 21.6 Å². The van der Waals surface area contributed by atoms with Gasteiger partial charge < -0.3 is 30.4 Å². The summed E-state index contributed by atoms with van der Waals surface area (Å²) in [6.45, 7) is 0. The minimum Gasteiger partial charge on any atom is -0.548 e. The summed E-state index contributed by atoms with van der Waals surface area (Å²) in [7, 11) is 2.14. The van der Waals surface area contributed by atoms with Crippen LogP contribution in [0.3, 0.4) is 0 Å². The van der Waals surface area contributed by atoms with E-state index >= 15 is 0 Å². The molecule has 0 saturated heterocycles. The zero-order chi connectivity index (χ0) is 24.8. The number of carbonyl (C=O) groups excluding carboxylic acids is 4. The van der Waals surface area contributed by atoms with E-state index in [4.69, 9.17) is 0 Å². The molecule has 0 fully saturated rings.